The molecule has 0 aromatic carbocycles. The monoisotopic (exact) mass is 272 g/mol. The normalized spacial score (nSPS) is 10.8. The molecule has 0 saturated heterocycles. The third-order valence-electron chi connectivity index (χ3n) is 2.12. The minimum absolute atomic E-state index is 0.126. The predicted molar refractivity (Wildman–Crippen MR) is 72.2 cm³/mol. The van der Waals surface area contributed by atoms with Crippen molar-refractivity contribution >= 4 is 22.4 Å². The van der Waals surface area contributed by atoms with Crippen molar-refractivity contribution in [2.75, 3.05) is 25.1 Å². The Bertz CT molecular complexity index is 366. The van der Waals surface area contributed by atoms with Gasteiger partial charge in [0.15, 0.2) is 5.13 Å². The molecule has 18 heavy (non-hydrogen) atoms. The molecule has 5 nitrogen and oxygen atoms in total. The van der Waals surface area contributed by atoms with E-state index in [9.17, 15) is 4.79 Å². The van der Waals surface area contributed by atoms with Gasteiger partial charge in [0.05, 0.1) is 18.7 Å². The third-order valence-corrected chi connectivity index (χ3v) is 2.97. The maximum atomic E-state index is 10.4. The number of carboxylic acids is 1. The van der Waals surface area contributed by atoms with E-state index in [0.717, 1.165) is 24.0 Å². The number of nitrogens with zero attached hydrogens (tertiary/aromatic N) is 1. The number of ether oxygens (including phenoxy) is 1. The standard InChI is InChI=1S/C12H20N2O3S/c1-9(2)7-17-6-5-13-12-14-10(8-18-12)3-4-11(15)16/h8-9H,3-7H2,1-2H3,(H,13,14)(H,15,16). The van der Waals surface area contributed by atoms with Crippen LogP contribution >= 0.6 is 11.3 Å². The highest BCUT2D eigenvalue weighted by Crippen LogP contribution is 2.16. The first kappa shape index (κ1) is 14.9. The van der Waals surface area contributed by atoms with E-state index < -0.39 is 5.97 Å². The molecule has 0 saturated carbocycles. The first-order chi connectivity index (χ1) is 8.58. The molecule has 0 fully saturated rings. The summed E-state index contributed by atoms with van der Waals surface area (Å²) < 4.78 is 5.44. The Morgan fingerprint density at radius 1 is 1.61 bits per heavy atom. The highest BCUT2D eigenvalue weighted by molar-refractivity contribution is 7.13. The number of aryl methyl sites for hydroxylation is 1. The summed E-state index contributed by atoms with van der Waals surface area (Å²) in [4.78, 5) is 14.7. The fourth-order valence-electron chi connectivity index (χ4n) is 1.29. The summed E-state index contributed by atoms with van der Waals surface area (Å²) >= 11 is 1.49. The molecular formula is C12H20N2O3S. The molecule has 1 heterocycles. The van der Waals surface area contributed by atoms with Gasteiger partial charge in [-0.1, -0.05) is 13.8 Å². The van der Waals surface area contributed by atoms with Crippen LogP contribution in [0.15, 0.2) is 5.38 Å². The molecule has 0 unspecified atom stereocenters. The van der Waals surface area contributed by atoms with Crippen LogP contribution in [0.25, 0.3) is 0 Å². The second-order valence-electron chi connectivity index (χ2n) is 4.43. The predicted octanol–water partition coefficient (Wildman–Crippen LogP) is 2.24. The number of hydrogen-bond acceptors (Lipinski definition) is 5. The van der Waals surface area contributed by atoms with E-state index in [4.69, 9.17) is 9.84 Å². The van der Waals surface area contributed by atoms with Crippen LogP contribution < -0.4 is 5.32 Å². The van der Waals surface area contributed by atoms with Crippen LogP contribution in [0, 0.1) is 5.92 Å². The highest BCUT2D eigenvalue weighted by atomic mass is 32.1. The molecule has 1 rings (SSSR count). The summed E-state index contributed by atoms with van der Waals surface area (Å²) in [7, 11) is 0. The number of aliphatic carboxylic acids is 1. The summed E-state index contributed by atoms with van der Waals surface area (Å²) in [5.41, 5.74) is 0.827. The van der Waals surface area contributed by atoms with Gasteiger partial charge in [-0.05, 0) is 5.92 Å². The third kappa shape index (κ3) is 6.56. The van der Waals surface area contributed by atoms with Crippen molar-refractivity contribution in [3.05, 3.63) is 11.1 Å². The second-order valence-corrected chi connectivity index (χ2v) is 5.29. The van der Waals surface area contributed by atoms with Crippen LogP contribution in [0.2, 0.25) is 0 Å². The van der Waals surface area contributed by atoms with Gasteiger partial charge in [-0.3, -0.25) is 4.79 Å². The van der Waals surface area contributed by atoms with Crippen molar-refractivity contribution in [2.24, 2.45) is 5.92 Å². The molecule has 1 aromatic heterocycles. The number of carbonyl (C=O) groups is 1. The molecule has 0 amide bonds. The summed E-state index contributed by atoms with van der Waals surface area (Å²) in [5.74, 6) is -0.243. The van der Waals surface area contributed by atoms with E-state index in [1.165, 1.54) is 11.3 Å². The van der Waals surface area contributed by atoms with Crippen molar-refractivity contribution in [3.8, 4) is 0 Å². The maximum absolute atomic E-state index is 10.4. The van der Waals surface area contributed by atoms with Gasteiger partial charge in [0.1, 0.15) is 0 Å². The number of rotatable bonds is 9. The topological polar surface area (TPSA) is 71.5 Å². The summed E-state index contributed by atoms with van der Waals surface area (Å²) in [6.07, 6.45) is 0.609. The fourth-order valence-corrected chi connectivity index (χ4v) is 2.06. The van der Waals surface area contributed by atoms with E-state index >= 15 is 0 Å². The number of thiazole rings is 1. The van der Waals surface area contributed by atoms with Gasteiger partial charge in [0, 0.05) is 25.0 Å². The minimum atomic E-state index is -0.792. The average Bonchev–Trinajstić information content (AvgIpc) is 2.73. The van der Waals surface area contributed by atoms with Crippen molar-refractivity contribution in [3.63, 3.8) is 0 Å². The summed E-state index contributed by atoms with van der Waals surface area (Å²) in [6, 6.07) is 0. The van der Waals surface area contributed by atoms with E-state index in [1.807, 2.05) is 5.38 Å². The molecule has 102 valence electrons. The van der Waals surface area contributed by atoms with Crippen molar-refractivity contribution in [2.45, 2.75) is 26.7 Å². The highest BCUT2D eigenvalue weighted by Gasteiger charge is 2.04. The zero-order valence-corrected chi connectivity index (χ0v) is 11.6. The smallest absolute Gasteiger partial charge is 0.303 e. The molecule has 0 radical (unpaired) electrons. The van der Waals surface area contributed by atoms with E-state index in [1.54, 1.807) is 0 Å². The zero-order chi connectivity index (χ0) is 13.4. The van der Waals surface area contributed by atoms with Crippen molar-refractivity contribution in [1.29, 1.82) is 0 Å². The van der Waals surface area contributed by atoms with Crippen LogP contribution in [0.4, 0.5) is 5.13 Å². The number of anilines is 1. The van der Waals surface area contributed by atoms with Crippen LogP contribution in [-0.2, 0) is 16.0 Å². The van der Waals surface area contributed by atoms with E-state index in [2.05, 4.69) is 24.1 Å². The zero-order valence-electron chi connectivity index (χ0n) is 10.8. The van der Waals surface area contributed by atoms with Crippen LogP contribution in [0.1, 0.15) is 26.0 Å². The minimum Gasteiger partial charge on any atom is -0.481 e. The maximum Gasteiger partial charge on any atom is 0.303 e. The van der Waals surface area contributed by atoms with Crippen LogP contribution in [-0.4, -0.2) is 35.8 Å². The van der Waals surface area contributed by atoms with Crippen molar-refractivity contribution in [1.82, 2.24) is 4.98 Å². The van der Waals surface area contributed by atoms with E-state index in [0.29, 0.717) is 18.9 Å². The Morgan fingerprint density at radius 2 is 2.39 bits per heavy atom. The molecule has 0 aliphatic heterocycles. The second kappa shape index (κ2) is 8.05. The number of hydrogen-bond donors (Lipinski definition) is 2. The Kier molecular flexibility index (Phi) is 6.67. The lowest BCUT2D eigenvalue weighted by atomic mass is 10.2. The Hall–Kier alpha value is -1.14. The Balaban J connectivity index is 2.17. The summed E-state index contributed by atoms with van der Waals surface area (Å²) in [6.45, 7) is 6.37. The Labute approximate surface area is 111 Å². The van der Waals surface area contributed by atoms with Gasteiger partial charge in [-0.2, -0.15) is 0 Å². The SMILES string of the molecule is CC(C)COCCNc1nc(CCC(=O)O)cs1. The first-order valence-electron chi connectivity index (χ1n) is 6.05. The van der Waals surface area contributed by atoms with Gasteiger partial charge >= 0.3 is 5.97 Å². The van der Waals surface area contributed by atoms with Gasteiger partial charge in [0.25, 0.3) is 0 Å². The lowest BCUT2D eigenvalue weighted by molar-refractivity contribution is -0.136. The molecule has 0 aliphatic rings. The average molecular weight is 272 g/mol. The lowest BCUT2D eigenvalue weighted by Gasteiger charge is -2.06. The Morgan fingerprint density at radius 3 is 3.06 bits per heavy atom. The van der Waals surface area contributed by atoms with Gasteiger partial charge in [0.2, 0.25) is 0 Å². The van der Waals surface area contributed by atoms with Gasteiger partial charge in [-0.15, -0.1) is 11.3 Å². The largest absolute Gasteiger partial charge is 0.481 e. The first-order valence-corrected chi connectivity index (χ1v) is 6.93. The van der Waals surface area contributed by atoms with Crippen LogP contribution in [0.3, 0.4) is 0 Å². The molecule has 0 bridgehead atoms. The number of carboxylic acid groups (broad SMARTS) is 1. The van der Waals surface area contributed by atoms with Gasteiger partial charge < -0.3 is 15.2 Å². The molecule has 2 N–H and O–H groups in total. The molecule has 6 heteroatoms. The molecular weight excluding hydrogens is 252 g/mol. The van der Waals surface area contributed by atoms with Crippen LogP contribution in [0.5, 0.6) is 0 Å². The molecule has 1 aromatic rings. The van der Waals surface area contributed by atoms with Crippen molar-refractivity contribution < 1.29 is 14.6 Å². The molecule has 0 aliphatic carbocycles. The molecule has 0 spiro atoms. The lowest BCUT2D eigenvalue weighted by Crippen LogP contribution is -2.12. The number of nitrogens with one attached hydrogen (secondary N) is 1. The quantitative estimate of drug-likeness (QED) is 0.675. The van der Waals surface area contributed by atoms with E-state index in [-0.39, 0.29) is 6.42 Å². The fraction of sp³-hybridized carbons (Fsp3) is 0.667. The summed E-state index contributed by atoms with van der Waals surface area (Å²) in [5, 5.41) is 14.4. The number of aromatic nitrogens is 1. The van der Waals surface area contributed by atoms with Gasteiger partial charge in [-0.25, -0.2) is 4.98 Å². The molecule has 0 atom stereocenters.